The first-order chi connectivity index (χ1) is 14.5. The van der Waals surface area contributed by atoms with Crippen LogP contribution < -0.4 is 19.5 Å². The molecule has 0 aliphatic carbocycles. The third-order valence-electron chi connectivity index (χ3n) is 4.48. The van der Waals surface area contributed by atoms with Gasteiger partial charge in [0.2, 0.25) is 0 Å². The number of methoxy groups -OCH3 is 3. The highest BCUT2D eigenvalue weighted by atomic mass is 16.6. The van der Waals surface area contributed by atoms with E-state index in [0.29, 0.717) is 17.2 Å². The Kier molecular flexibility index (Phi) is 6.36. The number of aromatic nitrogens is 1. The first kappa shape index (κ1) is 20.9. The summed E-state index contributed by atoms with van der Waals surface area (Å²) in [7, 11) is 4.35. The second-order valence-corrected chi connectivity index (χ2v) is 6.32. The van der Waals surface area contributed by atoms with Crippen LogP contribution in [0.2, 0.25) is 0 Å². The quantitative estimate of drug-likeness (QED) is 0.596. The molecule has 3 rings (SSSR count). The molecule has 8 heteroatoms. The molecule has 0 fully saturated rings. The molecule has 1 amide bonds. The lowest BCUT2D eigenvalue weighted by Gasteiger charge is -2.17. The van der Waals surface area contributed by atoms with Crippen LogP contribution in [-0.4, -0.2) is 44.3 Å². The highest BCUT2D eigenvalue weighted by molar-refractivity contribution is 6.03. The third kappa shape index (κ3) is 4.27. The minimum atomic E-state index is -1.05. The normalized spacial score (nSPS) is 11.5. The number of hydrogen-bond donors (Lipinski definition) is 1. The molecule has 0 aliphatic heterocycles. The first-order valence-electron chi connectivity index (χ1n) is 9.14. The zero-order valence-electron chi connectivity index (χ0n) is 17.1. The summed E-state index contributed by atoms with van der Waals surface area (Å²) < 4.78 is 21.0. The predicted octanol–water partition coefficient (Wildman–Crippen LogP) is 3.44. The van der Waals surface area contributed by atoms with Crippen LogP contribution in [0.3, 0.4) is 0 Å². The van der Waals surface area contributed by atoms with Crippen molar-refractivity contribution in [3.05, 3.63) is 54.2 Å². The number of carbonyl (C=O) groups excluding carboxylic acids is 2. The van der Waals surface area contributed by atoms with E-state index in [1.54, 1.807) is 24.4 Å². The fourth-order valence-electron chi connectivity index (χ4n) is 2.91. The summed E-state index contributed by atoms with van der Waals surface area (Å²) in [5.74, 6) is -0.216. The molecule has 3 aromatic rings. The topological polar surface area (TPSA) is 96.0 Å². The monoisotopic (exact) mass is 410 g/mol. The van der Waals surface area contributed by atoms with Crippen molar-refractivity contribution in [2.45, 2.75) is 13.0 Å². The Bertz CT molecular complexity index is 1080. The Hall–Kier alpha value is -3.81. The maximum absolute atomic E-state index is 12.7. The molecule has 0 radical (unpaired) electrons. The fourth-order valence-corrected chi connectivity index (χ4v) is 2.91. The average Bonchev–Trinajstić information content (AvgIpc) is 2.78. The largest absolute Gasteiger partial charge is 0.496 e. The minimum Gasteiger partial charge on any atom is -0.496 e. The van der Waals surface area contributed by atoms with E-state index in [-0.39, 0.29) is 11.3 Å². The van der Waals surface area contributed by atoms with Gasteiger partial charge in [-0.05, 0) is 31.2 Å². The van der Waals surface area contributed by atoms with Crippen LogP contribution in [0, 0.1) is 0 Å². The molecule has 0 saturated heterocycles. The predicted molar refractivity (Wildman–Crippen MR) is 111 cm³/mol. The van der Waals surface area contributed by atoms with E-state index in [0.717, 1.165) is 10.9 Å². The number of pyridine rings is 1. The van der Waals surface area contributed by atoms with Crippen molar-refractivity contribution < 1.29 is 28.5 Å². The maximum Gasteiger partial charge on any atom is 0.342 e. The Morgan fingerprint density at radius 2 is 1.63 bits per heavy atom. The van der Waals surface area contributed by atoms with Gasteiger partial charge in [-0.15, -0.1) is 0 Å². The van der Waals surface area contributed by atoms with Crippen molar-refractivity contribution in [3.8, 4) is 17.2 Å². The molecule has 156 valence electrons. The molecular weight excluding hydrogens is 388 g/mol. The summed E-state index contributed by atoms with van der Waals surface area (Å²) in [6, 6.07) is 12.0. The molecule has 0 bridgehead atoms. The zero-order chi connectivity index (χ0) is 21.7. The molecule has 0 saturated carbocycles. The Balaban J connectivity index is 1.77. The number of carbonyl (C=O) groups is 2. The summed E-state index contributed by atoms with van der Waals surface area (Å²) in [5.41, 5.74) is 1.44. The molecule has 1 heterocycles. The van der Waals surface area contributed by atoms with Gasteiger partial charge >= 0.3 is 5.97 Å². The van der Waals surface area contributed by atoms with Crippen LogP contribution in [0.4, 0.5) is 5.69 Å². The number of nitrogens with one attached hydrogen (secondary N) is 1. The van der Waals surface area contributed by atoms with Crippen molar-refractivity contribution in [1.29, 1.82) is 0 Å². The molecule has 1 N–H and O–H groups in total. The van der Waals surface area contributed by atoms with Gasteiger partial charge in [-0.3, -0.25) is 9.78 Å². The molecule has 1 unspecified atom stereocenters. The highest BCUT2D eigenvalue weighted by Crippen LogP contribution is 2.35. The summed E-state index contributed by atoms with van der Waals surface area (Å²) in [5, 5.41) is 3.56. The number of esters is 1. The van der Waals surface area contributed by atoms with Crippen molar-refractivity contribution >= 4 is 28.5 Å². The van der Waals surface area contributed by atoms with Gasteiger partial charge in [0.05, 0.1) is 32.5 Å². The second kappa shape index (κ2) is 9.13. The molecule has 30 heavy (non-hydrogen) atoms. The zero-order valence-corrected chi connectivity index (χ0v) is 17.1. The Morgan fingerprint density at radius 3 is 2.33 bits per heavy atom. The van der Waals surface area contributed by atoms with Crippen LogP contribution in [0.5, 0.6) is 17.2 Å². The molecular formula is C22H22N2O6. The molecule has 2 aromatic carbocycles. The van der Waals surface area contributed by atoms with Gasteiger partial charge in [0, 0.05) is 23.7 Å². The number of hydrogen-bond acceptors (Lipinski definition) is 7. The summed E-state index contributed by atoms with van der Waals surface area (Å²) in [6.07, 6.45) is 0.622. The van der Waals surface area contributed by atoms with Gasteiger partial charge in [-0.2, -0.15) is 0 Å². The lowest BCUT2D eigenvalue weighted by atomic mass is 10.1. The standard InChI is InChI=1S/C22H22N2O6/c1-13(21(25)24-17-9-5-8-16-14(17)7-6-10-23-16)30-22(26)15-11-19(28-3)20(29-4)12-18(15)27-2/h5-13H,1-4H3,(H,24,25). The van der Waals surface area contributed by atoms with Crippen molar-refractivity contribution in [3.63, 3.8) is 0 Å². The second-order valence-electron chi connectivity index (χ2n) is 6.32. The van der Waals surface area contributed by atoms with Crippen LogP contribution in [0.15, 0.2) is 48.7 Å². The van der Waals surface area contributed by atoms with Crippen LogP contribution >= 0.6 is 0 Å². The summed E-state index contributed by atoms with van der Waals surface area (Å²) in [4.78, 5) is 29.6. The maximum atomic E-state index is 12.7. The fraction of sp³-hybridized carbons (Fsp3) is 0.227. The van der Waals surface area contributed by atoms with Crippen LogP contribution in [0.25, 0.3) is 10.9 Å². The lowest BCUT2D eigenvalue weighted by molar-refractivity contribution is -0.123. The molecule has 1 aromatic heterocycles. The van der Waals surface area contributed by atoms with E-state index in [4.69, 9.17) is 18.9 Å². The van der Waals surface area contributed by atoms with Crippen molar-refractivity contribution in [2.75, 3.05) is 26.6 Å². The van der Waals surface area contributed by atoms with Gasteiger partial charge in [-0.25, -0.2) is 4.79 Å². The molecule has 1 atom stereocenters. The van der Waals surface area contributed by atoms with E-state index >= 15 is 0 Å². The van der Waals surface area contributed by atoms with E-state index in [2.05, 4.69) is 10.3 Å². The third-order valence-corrected chi connectivity index (χ3v) is 4.48. The smallest absolute Gasteiger partial charge is 0.342 e. The van der Waals surface area contributed by atoms with Gasteiger partial charge in [0.25, 0.3) is 5.91 Å². The number of fused-ring (bicyclic) bond motifs is 1. The number of ether oxygens (including phenoxy) is 4. The first-order valence-corrected chi connectivity index (χ1v) is 9.14. The summed E-state index contributed by atoms with van der Waals surface area (Å²) >= 11 is 0. The SMILES string of the molecule is COc1cc(OC)c(C(=O)OC(C)C(=O)Nc2cccc3ncccc23)cc1OC. The molecule has 0 aliphatic rings. The Labute approximate surface area is 173 Å². The molecule has 0 spiro atoms. The molecule has 8 nitrogen and oxygen atoms in total. The number of amides is 1. The van der Waals surface area contributed by atoms with Gasteiger partial charge in [0.15, 0.2) is 17.6 Å². The van der Waals surface area contributed by atoms with E-state index < -0.39 is 18.0 Å². The van der Waals surface area contributed by atoms with Gasteiger partial charge < -0.3 is 24.3 Å². The highest BCUT2D eigenvalue weighted by Gasteiger charge is 2.24. The van der Waals surface area contributed by atoms with E-state index in [1.807, 2.05) is 12.1 Å². The number of benzene rings is 2. The van der Waals surface area contributed by atoms with E-state index in [9.17, 15) is 9.59 Å². The minimum absolute atomic E-state index is 0.115. The Morgan fingerprint density at radius 1 is 0.933 bits per heavy atom. The average molecular weight is 410 g/mol. The number of rotatable bonds is 7. The van der Waals surface area contributed by atoms with E-state index in [1.165, 1.54) is 40.4 Å². The van der Waals surface area contributed by atoms with Gasteiger partial charge in [0.1, 0.15) is 11.3 Å². The number of nitrogens with zero attached hydrogens (tertiary/aromatic N) is 1. The van der Waals surface area contributed by atoms with Crippen LogP contribution in [0.1, 0.15) is 17.3 Å². The van der Waals surface area contributed by atoms with Crippen molar-refractivity contribution in [1.82, 2.24) is 4.98 Å². The van der Waals surface area contributed by atoms with Gasteiger partial charge in [-0.1, -0.05) is 6.07 Å². The van der Waals surface area contributed by atoms with Crippen molar-refractivity contribution in [2.24, 2.45) is 0 Å². The number of anilines is 1. The van der Waals surface area contributed by atoms with Crippen LogP contribution in [-0.2, 0) is 9.53 Å². The lowest BCUT2D eigenvalue weighted by Crippen LogP contribution is -2.30. The summed E-state index contributed by atoms with van der Waals surface area (Å²) in [6.45, 7) is 1.49.